The first-order valence-electron chi connectivity index (χ1n) is 14.3. The highest BCUT2D eigenvalue weighted by molar-refractivity contribution is 7.90. The Hall–Kier alpha value is -4.28. The summed E-state index contributed by atoms with van der Waals surface area (Å²) in [5, 5.41) is 0. The molecular formula is C34H30F3N3O3S. The summed E-state index contributed by atoms with van der Waals surface area (Å²) in [5.74, 6) is -2.43. The Morgan fingerprint density at radius 1 is 0.841 bits per heavy atom. The molecule has 0 bridgehead atoms. The van der Waals surface area contributed by atoms with E-state index in [1.807, 2.05) is 30.3 Å². The van der Waals surface area contributed by atoms with Crippen LogP contribution in [0, 0.1) is 17.5 Å². The molecule has 0 aromatic heterocycles. The van der Waals surface area contributed by atoms with Gasteiger partial charge in [-0.15, -0.1) is 0 Å². The van der Waals surface area contributed by atoms with Crippen LogP contribution in [0.25, 0.3) is 11.1 Å². The van der Waals surface area contributed by atoms with Crippen molar-refractivity contribution in [3.63, 3.8) is 0 Å². The van der Waals surface area contributed by atoms with Crippen LogP contribution in [0.15, 0.2) is 101 Å². The van der Waals surface area contributed by atoms with Crippen LogP contribution >= 0.6 is 0 Å². The lowest BCUT2D eigenvalue weighted by atomic mass is 9.82. The second kappa shape index (κ2) is 11.7. The van der Waals surface area contributed by atoms with Gasteiger partial charge in [0.05, 0.1) is 33.9 Å². The van der Waals surface area contributed by atoms with Gasteiger partial charge >= 0.3 is 0 Å². The minimum atomic E-state index is -3.44. The Bertz CT molecular complexity index is 1850. The number of piperidine rings is 1. The van der Waals surface area contributed by atoms with Gasteiger partial charge in [-0.25, -0.2) is 21.6 Å². The highest BCUT2D eigenvalue weighted by Crippen LogP contribution is 2.45. The van der Waals surface area contributed by atoms with E-state index in [4.69, 9.17) is 0 Å². The fourth-order valence-electron chi connectivity index (χ4n) is 6.23. The van der Waals surface area contributed by atoms with Gasteiger partial charge in [-0.1, -0.05) is 42.5 Å². The van der Waals surface area contributed by atoms with Gasteiger partial charge in [0.1, 0.15) is 11.6 Å². The Labute approximate surface area is 254 Å². The van der Waals surface area contributed by atoms with E-state index in [1.165, 1.54) is 30.3 Å². The number of likely N-dealkylation sites (tertiary alicyclic amines) is 1. The van der Waals surface area contributed by atoms with Crippen LogP contribution in [0.4, 0.5) is 24.5 Å². The number of carbonyl (C=O) groups is 1. The van der Waals surface area contributed by atoms with Crippen molar-refractivity contribution < 1.29 is 26.4 Å². The predicted octanol–water partition coefficient (Wildman–Crippen LogP) is 6.72. The SMILES string of the molecule is CS(=O)(=O)c1ccc(-c2ccc(F)cc2N2C(=O)CC(=Nc3ccc(F)cc3F)C23CCN(Cc2ccccc2)CC3)cc1. The molecule has 1 amide bonds. The first-order valence-corrected chi connectivity index (χ1v) is 16.2. The number of hydrogen-bond donors (Lipinski definition) is 0. The van der Waals surface area contributed by atoms with Gasteiger partial charge in [-0.3, -0.25) is 19.6 Å². The van der Waals surface area contributed by atoms with E-state index in [1.54, 1.807) is 23.1 Å². The van der Waals surface area contributed by atoms with Crippen LogP contribution in [-0.2, 0) is 21.2 Å². The maximum atomic E-state index is 14.9. The first-order chi connectivity index (χ1) is 21.0. The molecule has 2 heterocycles. The van der Waals surface area contributed by atoms with Crippen molar-refractivity contribution in [1.29, 1.82) is 0 Å². The van der Waals surface area contributed by atoms with Gasteiger partial charge in [0.15, 0.2) is 15.7 Å². The molecule has 0 aliphatic carbocycles. The number of hydrogen-bond acceptors (Lipinski definition) is 5. The minimum absolute atomic E-state index is 0.0713. The quantitative estimate of drug-likeness (QED) is 0.241. The number of anilines is 1. The molecule has 10 heteroatoms. The van der Waals surface area contributed by atoms with Crippen LogP contribution in [0.5, 0.6) is 0 Å². The predicted molar refractivity (Wildman–Crippen MR) is 164 cm³/mol. The summed E-state index contributed by atoms with van der Waals surface area (Å²) in [6, 6.07) is 23.5. The van der Waals surface area contributed by atoms with Gasteiger partial charge < -0.3 is 0 Å². The van der Waals surface area contributed by atoms with Crippen molar-refractivity contribution >= 4 is 32.8 Å². The largest absolute Gasteiger partial charge is 0.300 e. The van der Waals surface area contributed by atoms with E-state index >= 15 is 0 Å². The maximum Gasteiger partial charge on any atom is 0.233 e. The van der Waals surface area contributed by atoms with Crippen LogP contribution in [0.3, 0.4) is 0 Å². The molecule has 2 aliphatic rings. The summed E-state index contributed by atoms with van der Waals surface area (Å²) in [4.78, 5) is 22.5. The Morgan fingerprint density at radius 3 is 2.16 bits per heavy atom. The maximum absolute atomic E-state index is 14.9. The number of carbonyl (C=O) groups excluding carboxylic acids is 1. The van der Waals surface area contributed by atoms with Crippen molar-refractivity contribution in [3.05, 3.63) is 114 Å². The number of rotatable bonds is 6. The molecule has 2 fully saturated rings. The smallest absolute Gasteiger partial charge is 0.233 e. The molecule has 4 aromatic rings. The van der Waals surface area contributed by atoms with Crippen LogP contribution < -0.4 is 4.90 Å². The van der Waals surface area contributed by atoms with Gasteiger partial charge in [0.2, 0.25) is 5.91 Å². The Morgan fingerprint density at radius 2 is 1.50 bits per heavy atom. The minimum Gasteiger partial charge on any atom is -0.300 e. The summed E-state index contributed by atoms with van der Waals surface area (Å²) in [5.41, 5.74) is 2.00. The van der Waals surface area contributed by atoms with E-state index in [-0.39, 0.29) is 22.9 Å². The first kappa shape index (κ1) is 29.8. The molecule has 1 spiro atoms. The average molecular weight is 618 g/mol. The van der Waals surface area contributed by atoms with E-state index in [9.17, 15) is 26.4 Å². The molecule has 0 saturated carbocycles. The van der Waals surface area contributed by atoms with Crippen molar-refractivity contribution in [2.75, 3.05) is 24.2 Å². The van der Waals surface area contributed by atoms with Crippen LogP contribution in [-0.4, -0.2) is 49.8 Å². The molecule has 226 valence electrons. The highest BCUT2D eigenvalue weighted by Gasteiger charge is 2.53. The highest BCUT2D eigenvalue weighted by atomic mass is 32.2. The lowest BCUT2D eigenvalue weighted by Crippen LogP contribution is -2.56. The molecular weight excluding hydrogens is 587 g/mol. The molecule has 0 radical (unpaired) electrons. The summed E-state index contributed by atoms with van der Waals surface area (Å²) in [6.07, 6.45) is 1.91. The summed E-state index contributed by atoms with van der Waals surface area (Å²) < 4.78 is 67.5. The van der Waals surface area contributed by atoms with Crippen molar-refractivity contribution in [2.45, 2.75) is 36.2 Å². The molecule has 0 unspecified atom stereocenters. The molecule has 0 N–H and O–H groups in total. The number of aliphatic imine (C=N–C) groups is 1. The van der Waals surface area contributed by atoms with Crippen LogP contribution in [0.1, 0.15) is 24.8 Å². The van der Waals surface area contributed by atoms with E-state index in [0.717, 1.165) is 24.0 Å². The normalized spacial score (nSPS) is 18.0. The zero-order valence-corrected chi connectivity index (χ0v) is 24.8. The number of nitrogens with zero attached hydrogens (tertiary/aromatic N) is 3. The number of benzene rings is 4. The summed E-state index contributed by atoms with van der Waals surface area (Å²) in [6.45, 7) is 1.90. The molecule has 0 atom stereocenters. The molecule has 2 aliphatic heterocycles. The average Bonchev–Trinajstić information content (AvgIpc) is 3.25. The summed E-state index contributed by atoms with van der Waals surface area (Å²) in [7, 11) is -3.44. The monoisotopic (exact) mass is 617 g/mol. The fourth-order valence-corrected chi connectivity index (χ4v) is 6.86. The third kappa shape index (κ3) is 5.79. The van der Waals surface area contributed by atoms with Gasteiger partial charge in [0, 0.05) is 37.5 Å². The molecule has 2 saturated heterocycles. The number of amides is 1. The molecule has 6 rings (SSSR count). The Kier molecular flexibility index (Phi) is 7.89. The lowest BCUT2D eigenvalue weighted by molar-refractivity contribution is -0.117. The van der Waals surface area contributed by atoms with E-state index in [2.05, 4.69) is 9.89 Å². The van der Waals surface area contributed by atoms with Gasteiger partial charge in [-0.2, -0.15) is 0 Å². The van der Waals surface area contributed by atoms with Crippen molar-refractivity contribution in [1.82, 2.24) is 4.90 Å². The number of sulfone groups is 1. The lowest BCUT2D eigenvalue weighted by Gasteiger charge is -2.45. The second-order valence-electron chi connectivity index (χ2n) is 11.3. The molecule has 6 nitrogen and oxygen atoms in total. The zero-order valence-electron chi connectivity index (χ0n) is 24.0. The second-order valence-corrected chi connectivity index (χ2v) is 13.3. The van der Waals surface area contributed by atoms with Gasteiger partial charge in [-0.05, 0) is 66.4 Å². The third-order valence-electron chi connectivity index (χ3n) is 8.42. The van der Waals surface area contributed by atoms with Gasteiger partial charge in [0.25, 0.3) is 0 Å². The third-order valence-corrected chi connectivity index (χ3v) is 9.55. The topological polar surface area (TPSA) is 70.0 Å². The molecule has 4 aromatic carbocycles. The number of halogens is 3. The Balaban J connectivity index is 1.44. The zero-order chi connectivity index (χ0) is 31.1. The summed E-state index contributed by atoms with van der Waals surface area (Å²) >= 11 is 0. The standard InChI is InChI=1S/C34H30F3N3O3S/c1-44(42,43)27-11-7-24(8-12-27)28-13-9-26(36)20-31(28)40-33(41)21-32(38-30-14-10-25(35)19-29(30)37)34(40)15-17-39(18-16-34)22-23-5-3-2-4-6-23/h2-14,19-20H,15-18,21-22H2,1H3. The molecule has 44 heavy (non-hydrogen) atoms. The van der Waals surface area contributed by atoms with Crippen molar-refractivity contribution in [2.24, 2.45) is 4.99 Å². The fraction of sp³-hybridized carbons (Fsp3) is 0.235. The van der Waals surface area contributed by atoms with E-state index < -0.39 is 32.8 Å². The van der Waals surface area contributed by atoms with Crippen molar-refractivity contribution in [3.8, 4) is 11.1 Å². The van der Waals surface area contributed by atoms with Crippen LogP contribution in [0.2, 0.25) is 0 Å². The van der Waals surface area contributed by atoms with E-state index in [0.29, 0.717) is 55.0 Å².